The molecule has 4 rings (SSSR count). The first-order chi connectivity index (χ1) is 14.2. The monoisotopic (exact) mass is 406 g/mol. The Labute approximate surface area is 175 Å². The maximum absolute atomic E-state index is 13.1. The summed E-state index contributed by atoms with van der Waals surface area (Å²) in [6.45, 7) is 6.34. The lowest BCUT2D eigenvalue weighted by Gasteiger charge is -2.29. The van der Waals surface area contributed by atoms with Crippen molar-refractivity contribution in [2.45, 2.75) is 39.3 Å². The van der Waals surface area contributed by atoms with E-state index in [9.17, 15) is 9.59 Å². The topological polar surface area (TPSA) is 76.5 Å². The van der Waals surface area contributed by atoms with Gasteiger partial charge < -0.3 is 15.0 Å². The van der Waals surface area contributed by atoms with E-state index in [1.807, 2.05) is 63.2 Å². The molecule has 0 aliphatic carbocycles. The second-order valence-electron chi connectivity index (χ2n) is 8.57. The number of amides is 2. The van der Waals surface area contributed by atoms with Crippen LogP contribution in [-0.4, -0.2) is 38.8 Å². The molecule has 0 radical (unpaired) electrons. The minimum absolute atomic E-state index is 0.243. The molecular weight excluding hydrogens is 380 g/mol. The van der Waals surface area contributed by atoms with E-state index in [0.717, 1.165) is 22.0 Å². The molecule has 0 spiro atoms. The molecule has 0 atom stereocenters. The summed E-state index contributed by atoms with van der Waals surface area (Å²) in [5.41, 5.74) is 2.23. The summed E-state index contributed by atoms with van der Waals surface area (Å²) in [4.78, 5) is 27.2. The maximum Gasteiger partial charge on any atom is 0.410 e. The van der Waals surface area contributed by atoms with Crippen LogP contribution in [0.2, 0.25) is 0 Å². The highest BCUT2D eigenvalue weighted by molar-refractivity contribution is 6.05. The maximum atomic E-state index is 13.1. The highest BCUT2D eigenvalue weighted by Gasteiger charge is 2.31. The smallest absolute Gasteiger partial charge is 0.410 e. The molecule has 2 heterocycles. The lowest BCUT2D eigenvalue weighted by Crippen LogP contribution is -2.40. The van der Waals surface area contributed by atoms with Gasteiger partial charge >= 0.3 is 6.09 Å². The van der Waals surface area contributed by atoms with Crippen LogP contribution in [0.1, 0.15) is 42.5 Å². The van der Waals surface area contributed by atoms with Crippen LogP contribution in [0.3, 0.4) is 0 Å². The quantitative estimate of drug-likeness (QED) is 0.695. The van der Waals surface area contributed by atoms with Crippen LogP contribution in [-0.2, 0) is 24.8 Å². The first-order valence-electron chi connectivity index (χ1n) is 10.0. The SMILES string of the molecule is Cn1nc2c(c1C(=O)Nc1ccc3ccccc3c1)CN(C(=O)OC(C)(C)C)CC2. The van der Waals surface area contributed by atoms with Crippen molar-refractivity contribution >= 4 is 28.5 Å². The molecule has 3 aromatic rings. The number of aryl methyl sites for hydroxylation is 1. The Balaban J connectivity index is 1.57. The number of ether oxygens (including phenoxy) is 1. The van der Waals surface area contributed by atoms with Crippen LogP contribution in [0.4, 0.5) is 10.5 Å². The molecule has 0 fully saturated rings. The predicted molar refractivity (Wildman–Crippen MR) is 115 cm³/mol. The standard InChI is InChI=1S/C23H26N4O3/c1-23(2,3)30-22(29)27-12-11-19-18(14-27)20(26(4)25-19)21(28)24-17-10-9-15-7-5-6-8-16(15)13-17/h5-10,13H,11-12,14H2,1-4H3,(H,24,28). The third-order valence-corrected chi connectivity index (χ3v) is 5.07. The Hall–Kier alpha value is -3.35. The Morgan fingerprint density at radius 3 is 2.57 bits per heavy atom. The number of hydrogen-bond donors (Lipinski definition) is 1. The van der Waals surface area contributed by atoms with Gasteiger partial charge in [0.1, 0.15) is 11.3 Å². The van der Waals surface area contributed by atoms with Gasteiger partial charge in [-0.05, 0) is 43.7 Å². The lowest BCUT2D eigenvalue weighted by molar-refractivity contribution is 0.0222. The lowest BCUT2D eigenvalue weighted by atomic mass is 10.0. The van der Waals surface area contributed by atoms with Gasteiger partial charge in [0.05, 0.1) is 12.2 Å². The van der Waals surface area contributed by atoms with E-state index in [0.29, 0.717) is 30.9 Å². The van der Waals surface area contributed by atoms with Crippen molar-refractivity contribution in [2.75, 3.05) is 11.9 Å². The summed E-state index contributed by atoms with van der Waals surface area (Å²) in [6.07, 6.45) is 0.212. The molecule has 1 aliphatic heterocycles. The molecular formula is C23H26N4O3. The van der Waals surface area contributed by atoms with Gasteiger partial charge in [-0.15, -0.1) is 0 Å². The predicted octanol–water partition coefficient (Wildman–Crippen LogP) is 4.12. The van der Waals surface area contributed by atoms with Gasteiger partial charge in [0, 0.05) is 31.3 Å². The summed E-state index contributed by atoms with van der Waals surface area (Å²) in [5.74, 6) is -0.243. The van der Waals surface area contributed by atoms with E-state index in [4.69, 9.17) is 4.74 Å². The van der Waals surface area contributed by atoms with Crippen molar-refractivity contribution in [2.24, 2.45) is 7.05 Å². The van der Waals surface area contributed by atoms with Crippen molar-refractivity contribution in [1.29, 1.82) is 0 Å². The molecule has 156 valence electrons. The molecule has 7 heteroatoms. The molecule has 0 bridgehead atoms. The zero-order valence-corrected chi connectivity index (χ0v) is 17.7. The largest absolute Gasteiger partial charge is 0.444 e. The number of fused-ring (bicyclic) bond motifs is 2. The Morgan fingerprint density at radius 2 is 1.83 bits per heavy atom. The molecule has 2 aromatic carbocycles. The van der Waals surface area contributed by atoms with E-state index in [-0.39, 0.29) is 12.0 Å². The molecule has 0 unspecified atom stereocenters. The van der Waals surface area contributed by atoms with Gasteiger partial charge in [0.15, 0.2) is 0 Å². The van der Waals surface area contributed by atoms with Crippen molar-refractivity contribution in [3.63, 3.8) is 0 Å². The zero-order valence-electron chi connectivity index (χ0n) is 17.7. The van der Waals surface area contributed by atoms with Gasteiger partial charge in [-0.3, -0.25) is 9.48 Å². The second kappa shape index (κ2) is 7.48. The van der Waals surface area contributed by atoms with Crippen molar-refractivity contribution < 1.29 is 14.3 Å². The average Bonchev–Trinajstić information content (AvgIpc) is 3.01. The number of anilines is 1. The highest BCUT2D eigenvalue weighted by Crippen LogP contribution is 2.25. The minimum Gasteiger partial charge on any atom is -0.444 e. The zero-order chi connectivity index (χ0) is 21.5. The van der Waals surface area contributed by atoms with Crippen molar-refractivity contribution in [3.05, 3.63) is 59.4 Å². The number of rotatable bonds is 2. The third kappa shape index (κ3) is 4.01. The van der Waals surface area contributed by atoms with E-state index < -0.39 is 5.60 Å². The van der Waals surface area contributed by atoms with Crippen LogP contribution in [0.15, 0.2) is 42.5 Å². The summed E-state index contributed by atoms with van der Waals surface area (Å²) in [6, 6.07) is 13.8. The van der Waals surface area contributed by atoms with Crippen LogP contribution >= 0.6 is 0 Å². The first-order valence-corrected chi connectivity index (χ1v) is 10.0. The Bertz CT molecular complexity index is 1130. The van der Waals surface area contributed by atoms with E-state index in [2.05, 4.69) is 10.4 Å². The fourth-order valence-corrected chi connectivity index (χ4v) is 3.72. The summed E-state index contributed by atoms with van der Waals surface area (Å²) in [5, 5.41) is 9.65. The molecule has 0 saturated heterocycles. The Morgan fingerprint density at radius 1 is 1.10 bits per heavy atom. The molecule has 1 N–H and O–H groups in total. The van der Waals surface area contributed by atoms with E-state index >= 15 is 0 Å². The number of nitrogens with zero attached hydrogens (tertiary/aromatic N) is 3. The highest BCUT2D eigenvalue weighted by atomic mass is 16.6. The van der Waals surface area contributed by atoms with Crippen LogP contribution in [0.5, 0.6) is 0 Å². The number of carbonyl (C=O) groups excluding carboxylic acids is 2. The molecule has 7 nitrogen and oxygen atoms in total. The van der Waals surface area contributed by atoms with Crippen molar-refractivity contribution in [3.8, 4) is 0 Å². The molecule has 1 aromatic heterocycles. The fourth-order valence-electron chi connectivity index (χ4n) is 3.72. The number of aromatic nitrogens is 2. The Kier molecular flexibility index (Phi) is 4.97. The minimum atomic E-state index is -0.567. The third-order valence-electron chi connectivity index (χ3n) is 5.07. The van der Waals surface area contributed by atoms with Crippen LogP contribution < -0.4 is 5.32 Å². The average molecular weight is 406 g/mol. The molecule has 0 saturated carbocycles. The van der Waals surface area contributed by atoms with Gasteiger partial charge in [-0.25, -0.2) is 4.79 Å². The summed E-state index contributed by atoms with van der Waals surface area (Å²) < 4.78 is 7.09. The fraction of sp³-hybridized carbons (Fsp3) is 0.348. The van der Waals surface area contributed by atoms with Gasteiger partial charge in [-0.2, -0.15) is 5.10 Å². The van der Waals surface area contributed by atoms with Crippen LogP contribution in [0, 0.1) is 0 Å². The number of hydrogen-bond acceptors (Lipinski definition) is 4. The van der Waals surface area contributed by atoms with Crippen LogP contribution in [0.25, 0.3) is 10.8 Å². The second-order valence-corrected chi connectivity index (χ2v) is 8.57. The number of carbonyl (C=O) groups is 2. The first kappa shape index (κ1) is 19.9. The number of nitrogens with one attached hydrogen (secondary N) is 1. The normalized spacial score (nSPS) is 13.8. The van der Waals surface area contributed by atoms with E-state index in [1.54, 1.807) is 16.6 Å². The van der Waals surface area contributed by atoms with Gasteiger partial charge in [-0.1, -0.05) is 30.3 Å². The van der Waals surface area contributed by atoms with Crippen molar-refractivity contribution in [1.82, 2.24) is 14.7 Å². The van der Waals surface area contributed by atoms with E-state index in [1.165, 1.54) is 0 Å². The number of benzene rings is 2. The molecule has 2 amide bonds. The summed E-state index contributed by atoms with van der Waals surface area (Å²) >= 11 is 0. The van der Waals surface area contributed by atoms with Gasteiger partial charge in [0.25, 0.3) is 5.91 Å². The summed E-state index contributed by atoms with van der Waals surface area (Å²) in [7, 11) is 1.76. The van der Waals surface area contributed by atoms with Gasteiger partial charge in [0.2, 0.25) is 0 Å². The molecule has 30 heavy (non-hydrogen) atoms. The molecule has 1 aliphatic rings.